The normalized spacial score (nSPS) is 24.2. The highest BCUT2D eigenvalue weighted by Gasteiger charge is 2.44. The molecule has 0 spiro atoms. The van der Waals surface area contributed by atoms with Gasteiger partial charge in [0, 0.05) is 42.9 Å². The second kappa shape index (κ2) is 10.5. The molecular weight excluding hydrogens is 539 g/mol. The zero-order chi connectivity index (χ0) is 28.1. The Balaban J connectivity index is 1.08. The Labute approximate surface area is 242 Å². The molecule has 3 aliphatic heterocycles. The number of carbonyl (C=O) groups excluding carboxylic acids is 1. The van der Waals surface area contributed by atoms with Crippen LogP contribution >= 0.6 is 11.7 Å². The molecule has 0 aliphatic carbocycles. The van der Waals surface area contributed by atoms with Crippen LogP contribution in [0, 0.1) is 12.7 Å². The molecule has 2 bridgehead atoms. The van der Waals surface area contributed by atoms with Gasteiger partial charge in [-0.05, 0) is 93.7 Å². The highest BCUT2D eigenvalue weighted by Crippen LogP contribution is 2.45. The minimum Gasteiger partial charge on any atom is -0.337 e. The second-order valence-corrected chi connectivity index (χ2v) is 12.6. The van der Waals surface area contributed by atoms with Crippen molar-refractivity contribution in [1.29, 1.82) is 0 Å². The number of H-pyrrole nitrogens is 1. The summed E-state index contributed by atoms with van der Waals surface area (Å²) < 4.78 is 23.4. The van der Waals surface area contributed by atoms with Crippen molar-refractivity contribution in [3.63, 3.8) is 0 Å². The van der Waals surface area contributed by atoms with Crippen LogP contribution in [0.4, 0.5) is 4.39 Å². The number of aryl methyl sites for hydroxylation is 1. The number of fused-ring (bicyclic) bond motifs is 3. The molecular formula is C31H35FN6O2S. The fourth-order valence-corrected chi connectivity index (χ4v) is 8.39. The number of nitrogens with one attached hydrogen (secondary N) is 1. The number of piperidine rings is 2. The molecule has 3 saturated heterocycles. The molecule has 4 aromatic rings. The number of aromatic nitrogens is 4. The summed E-state index contributed by atoms with van der Waals surface area (Å²) in [6, 6.07) is 17.0. The lowest BCUT2D eigenvalue weighted by Gasteiger charge is -2.45. The fourth-order valence-electron chi connectivity index (χ4n) is 7.92. The number of benzene rings is 2. The number of nitrogens with zero attached hydrogens (tertiary/aromatic N) is 5. The maximum Gasteiger partial charge on any atom is 0.291 e. The molecule has 3 aliphatic rings. The zero-order valence-corrected chi connectivity index (χ0v) is 24.1. The van der Waals surface area contributed by atoms with Crippen LogP contribution in [0.1, 0.15) is 72.9 Å². The number of carbonyl (C=O) groups is 1. The van der Waals surface area contributed by atoms with Crippen molar-refractivity contribution in [3.05, 3.63) is 81.8 Å². The molecule has 1 amide bonds. The van der Waals surface area contributed by atoms with E-state index < -0.39 is 5.56 Å². The summed E-state index contributed by atoms with van der Waals surface area (Å²) in [7, 11) is 0. The van der Waals surface area contributed by atoms with Crippen LogP contribution < -0.4 is 5.56 Å². The summed E-state index contributed by atoms with van der Waals surface area (Å²) >= 11 is 0.900. The fraction of sp³-hybridized carbons (Fsp3) is 0.484. The van der Waals surface area contributed by atoms with Gasteiger partial charge in [0.15, 0.2) is 0 Å². The van der Waals surface area contributed by atoms with E-state index in [0.717, 1.165) is 67.3 Å². The first-order chi connectivity index (χ1) is 19.9. The molecule has 41 heavy (non-hydrogen) atoms. The molecule has 3 fully saturated rings. The average Bonchev–Trinajstić information content (AvgIpc) is 3.63. The number of imidazole rings is 1. The Morgan fingerprint density at radius 3 is 2.54 bits per heavy atom. The van der Waals surface area contributed by atoms with Gasteiger partial charge in [-0.15, -0.1) is 0 Å². The van der Waals surface area contributed by atoms with Crippen molar-refractivity contribution in [2.75, 3.05) is 19.6 Å². The monoisotopic (exact) mass is 574 g/mol. The maximum atomic E-state index is 14.4. The lowest BCUT2D eigenvalue weighted by atomic mass is 9.70. The Morgan fingerprint density at radius 1 is 1.07 bits per heavy atom. The smallest absolute Gasteiger partial charge is 0.291 e. The van der Waals surface area contributed by atoms with Crippen LogP contribution in [0.2, 0.25) is 0 Å². The Bertz CT molecular complexity index is 1620. The predicted octanol–water partition coefficient (Wildman–Crippen LogP) is 5.06. The summed E-state index contributed by atoms with van der Waals surface area (Å²) in [4.78, 5) is 34.3. The van der Waals surface area contributed by atoms with Gasteiger partial charge in [-0.25, -0.2) is 9.37 Å². The van der Waals surface area contributed by atoms with Crippen molar-refractivity contribution >= 4 is 28.7 Å². The standard InChI is InChI=1S/C31H35FN6O2S/c1-20-33-26-7-2-3-8-27(26)38(20)25-18-23-9-10-24(19-25)37(23)16-13-31(21-5-4-6-22(32)17-21)11-14-36(15-12-31)30(40)28-29(39)35-41-34-28/h2-8,17,23-25H,9-16,18-19H2,1H3,(H,35,39). The molecule has 1 N–H and O–H groups in total. The number of likely N-dealkylation sites (tertiary alicyclic amines) is 1. The van der Waals surface area contributed by atoms with Crippen molar-refractivity contribution in [2.45, 2.75) is 75.4 Å². The highest BCUT2D eigenvalue weighted by molar-refractivity contribution is 6.99. The number of hydrogen-bond donors (Lipinski definition) is 1. The summed E-state index contributed by atoms with van der Waals surface area (Å²) in [5.74, 6) is 0.552. The van der Waals surface area contributed by atoms with E-state index in [1.54, 1.807) is 17.0 Å². The zero-order valence-electron chi connectivity index (χ0n) is 23.3. The molecule has 7 rings (SSSR count). The first kappa shape index (κ1) is 26.5. The van der Waals surface area contributed by atoms with Crippen LogP contribution in [0.5, 0.6) is 0 Å². The van der Waals surface area contributed by atoms with E-state index in [9.17, 15) is 14.0 Å². The molecule has 0 saturated carbocycles. The van der Waals surface area contributed by atoms with Gasteiger partial charge in [0.2, 0.25) is 5.69 Å². The second-order valence-electron chi connectivity index (χ2n) is 12.1. The van der Waals surface area contributed by atoms with Gasteiger partial charge in [0.05, 0.1) is 11.0 Å². The molecule has 10 heteroatoms. The predicted molar refractivity (Wildman–Crippen MR) is 157 cm³/mol. The van der Waals surface area contributed by atoms with E-state index >= 15 is 0 Å². The molecule has 2 atom stereocenters. The van der Waals surface area contributed by atoms with Crippen molar-refractivity contribution in [2.24, 2.45) is 0 Å². The van der Waals surface area contributed by atoms with Crippen LogP contribution in [0.25, 0.3) is 11.0 Å². The Kier molecular flexibility index (Phi) is 6.78. The van der Waals surface area contributed by atoms with Crippen molar-refractivity contribution < 1.29 is 9.18 Å². The number of hydrogen-bond acceptors (Lipinski definition) is 6. The SMILES string of the molecule is Cc1nc2ccccc2n1C1CC2CCC(C1)N2CCC1(c2cccc(F)c2)CCN(C(=O)c2ns[nH]c2=O)CC1. The van der Waals surface area contributed by atoms with Gasteiger partial charge in [-0.2, -0.15) is 4.37 Å². The van der Waals surface area contributed by atoms with Crippen molar-refractivity contribution in [3.8, 4) is 0 Å². The summed E-state index contributed by atoms with van der Waals surface area (Å²) in [6.07, 6.45) is 7.05. The Morgan fingerprint density at radius 2 is 1.83 bits per heavy atom. The summed E-state index contributed by atoms with van der Waals surface area (Å²) in [5, 5.41) is 0. The molecule has 2 aromatic carbocycles. The van der Waals surface area contributed by atoms with Gasteiger partial charge < -0.3 is 9.47 Å². The minimum absolute atomic E-state index is 0.0337. The van der Waals surface area contributed by atoms with E-state index in [2.05, 4.69) is 49.4 Å². The van der Waals surface area contributed by atoms with E-state index in [1.165, 1.54) is 24.4 Å². The third kappa shape index (κ3) is 4.70. The van der Waals surface area contributed by atoms with E-state index in [-0.39, 0.29) is 22.8 Å². The van der Waals surface area contributed by atoms with Crippen LogP contribution in [0.3, 0.4) is 0 Å². The average molecular weight is 575 g/mol. The maximum absolute atomic E-state index is 14.4. The van der Waals surface area contributed by atoms with Gasteiger partial charge >= 0.3 is 0 Å². The third-order valence-electron chi connectivity index (χ3n) is 9.98. The van der Waals surface area contributed by atoms with Gasteiger partial charge in [0.1, 0.15) is 11.6 Å². The quantitative estimate of drug-likeness (QED) is 0.348. The van der Waals surface area contributed by atoms with Gasteiger partial charge in [-0.3, -0.25) is 18.9 Å². The minimum atomic E-state index is -0.431. The Hall–Kier alpha value is -3.37. The molecule has 2 unspecified atom stereocenters. The van der Waals surface area contributed by atoms with E-state index in [1.807, 2.05) is 6.07 Å². The van der Waals surface area contributed by atoms with E-state index in [4.69, 9.17) is 4.98 Å². The van der Waals surface area contributed by atoms with Crippen molar-refractivity contribution in [1.82, 2.24) is 28.1 Å². The summed E-state index contributed by atoms with van der Waals surface area (Å²) in [5.41, 5.74) is 2.63. The number of rotatable bonds is 6. The number of aromatic amines is 1. The number of halogens is 1. The molecule has 5 heterocycles. The molecule has 214 valence electrons. The molecule has 2 aromatic heterocycles. The van der Waals surface area contributed by atoms with E-state index in [0.29, 0.717) is 31.2 Å². The highest BCUT2D eigenvalue weighted by atomic mass is 32.1. The van der Waals surface area contributed by atoms with Crippen LogP contribution in [-0.4, -0.2) is 65.7 Å². The first-order valence-corrected chi connectivity index (χ1v) is 15.5. The van der Waals surface area contributed by atoms with Gasteiger partial charge in [-0.1, -0.05) is 24.3 Å². The lowest BCUT2D eigenvalue weighted by molar-refractivity contribution is 0.0601. The number of amides is 1. The molecule has 8 nitrogen and oxygen atoms in total. The largest absolute Gasteiger partial charge is 0.337 e. The lowest BCUT2D eigenvalue weighted by Crippen LogP contribution is -2.49. The number of para-hydroxylation sites is 2. The first-order valence-electron chi connectivity index (χ1n) is 14.7. The molecule has 0 radical (unpaired) electrons. The summed E-state index contributed by atoms with van der Waals surface area (Å²) in [6.45, 7) is 4.13. The van der Waals surface area contributed by atoms with Gasteiger partial charge in [0.25, 0.3) is 11.5 Å². The third-order valence-corrected chi connectivity index (χ3v) is 10.5. The van der Waals surface area contributed by atoms with Crippen LogP contribution in [-0.2, 0) is 5.41 Å². The topological polar surface area (TPSA) is 87.1 Å². The van der Waals surface area contributed by atoms with Crippen LogP contribution in [0.15, 0.2) is 53.3 Å².